The van der Waals surface area contributed by atoms with Gasteiger partial charge >= 0.3 is 0 Å². The number of carbonyl (C=O) groups is 1. The van der Waals surface area contributed by atoms with E-state index in [0.29, 0.717) is 13.1 Å². The molecule has 1 aromatic carbocycles. The Balaban J connectivity index is 1.71. The van der Waals surface area contributed by atoms with E-state index in [4.69, 9.17) is 4.74 Å². The first-order valence-electron chi connectivity index (χ1n) is 7.66. The van der Waals surface area contributed by atoms with Gasteiger partial charge in [-0.05, 0) is 18.6 Å². The summed E-state index contributed by atoms with van der Waals surface area (Å²) in [5.41, 5.74) is 1.11. The third kappa shape index (κ3) is 3.84. The minimum absolute atomic E-state index is 0.0378. The molecule has 2 aromatic rings. The first-order chi connectivity index (χ1) is 11.1. The summed E-state index contributed by atoms with van der Waals surface area (Å²) in [4.78, 5) is 25.3. The molecule has 2 heterocycles. The summed E-state index contributed by atoms with van der Waals surface area (Å²) in [5.74, 6) is -0.186. The lowest BCUT2D eigenvalue weighted by Crippen LogP contribution is -2.50. The SMILES string of the molecule is CC1CN(C(=O)c2ccc(=O)[nH]n2)CC(Cc2ccccc2)O1. The van der Waals surface area contributed by atoms with Crippen LogP contribution in [0.3, 0.4) is 0 Å². The number of rotatable bonds is 3. The van der Waals surface area contributed by atoms with Gasteiger partial charge in [-0.3, -0.25) is 9.59 Å². The molecule has 3 rings (SSSR count). The highest BCUT2D eigenvalue weighted by Gasteiger charge is 2.29. The molecule has 1 aliphatic heterocycles. The average Bonchev–Trinajstić information content (AvgIpc) is 2.55. The lowest BCUT2D eigenvalue weighted by Gasteiger charge is -2.36. The summed E-state index contributed by atoms with van der Waals surface area (Å²) in [7, 11) is 0. The van der Waals surface area contributed by atoms with E-state index in [1.807, 2.05) is 25.1 Å². The Labute approximate surface area is 134 Å². The largest absolute Gasteiger partial charge is 0.371 e. The van der Waals surface area contributed by atoms with E-state index in [9.17, 15) is 9.59 Å². The van der Waals surface area contributed by atoms with Crippen LogP contribution in [0.1, 0.15) is 23.0 Å². The minimum atomic E-state index is -0.321. The third-order valence-electron chi connectivity index (χ3n) is 3.82. The fraction of sp³-hybridized carbons (Fsp3) is 0.353. The van der Waals surface area contributed by atoms with Crippen LogP contribution in [0.5, 0.6) is 0 Å². The van der Waals surface area contributed by atoms with Gasteiger partial charge in [0.2, 0.25) is 0 Å². The second-order valence-corrected chi connectivity index (χ2v) is 5.77. The van der Waals surface area contributed by atoms with Gasteiger partial charge in [0.05, 0.1) is 12.2 Å². The van der Waals surface area contributed by atoms with Crippen molar-refractivity contribution in [2.24, 2.45) is 0 Å². The molecule has 1 N–H and O–H groups in total. The number of hydrogen-bond donors (Lipinski definition) is 1. The van der Waals surface area contributed by atoms with E-state index in [1.54, 1.807) is 4.90 Å². The van der Waals surface area contributed by atoms with Crippen LogP contribution < -0.4 is 5.56 Å². The Morgan fingerprint density at radius 2 is 2.04 bits per heavy atom. The van der Waals surface area contributed by atoms with Crippen molar-refractivity contribution >= 4 is 5.91 Å². The van der Waals surface area contributed by atoms with Crippen molar-refractivity contribution in [1.29, 1.82) is 0 Å². The number of ether oxygens (including phenoxy) is 1. The Bertz CT molecular complexity index is 709. The maximum Gasteiger partial charge on any atom is 0.274 e. The van der Waals surface area contributed by atoms with Crippen molar-refractivity contribution in [3.63, 3.8) is 0 Å². The highest BCUT2D eigenvalue weighted by Crippen LogP contribution is 2.17. The van der Waals surface area contributed by atoms with Crippen LogP contribution in [0, 0.1) is 0 Å². The van der Waals surface area contributed by atoms with Crippen molar-refractivity contribution in [3.05, 3.63) is 64.1 Å². The molecular formula is C17H19N3O3. The molecule has 120 valence electrons. The Hall–Kier alpha value is -2.47. The number of amides is 1. The van der Waals surface area contributed by atoms with Crippen molar-refractivity contribution in [1.82, 2.24) is 15.1 Å². The van der Waals surface area contributed by atoms with Gasteiger partial charge in [0.25, 0.3) is 11.5 Å². The summed E-state index contributed by atoms with van der Waals surface area (Å²) in [6.45, 7) is 2.99. The van der Waals surface area contributed by atoms with Crippen LogP contribution in [0.4, 0.5) is 0 Å². The number of aromatic nitrogens is 2. The molecule has 2 atom stereocenters. The molecule has 6 nitrogen and oxygen atoms in total. The van der Waals surface area contributed by atoms with E-state index in [0.717, 1.165) is 6.42 Å². The van der Waals surface area contributed by atoms with Crippen molar-refractivity contribution in [3.8, 4) is 0 Å². The number of nitrogens with zero attached hydrogens (tertiary/aromatic N) is 2. The number of carbonyl (C=O) groups excluding carboxylic acids is 1. The number of H-pyrrole nitrogens is 1. The highest BCUT2D eigenvalue weighted by molar-refractivity contribution is 5.92. The molecule has 1 aliphatic rings. The topological polar surface area (TPSA) is 75.3 Å². The molecule has 6 heteroatoms. The van der Waals surface area contributed by atoms with E-state index in [2.05, 4.69) is 22.3 Å². The zero-order valence-electron chi connectivity index (χ0n) is 12.9. The van der Waals surface area contributed by atoms with Gasteiger partial charge in [0.15, 0.2) is 0 Å². The molecule has 0 saturated carbocycles. The standard InChI is InChI=1S/C17H19N3O3/c1-12-10-20(17(22)15-7-8-16(21)19-18-15)11-14(23-12)9-13-5-3-2-4-6-13/h2-8,12,14H,9-11H2,1H3,(H,19,21). The summed E-state index contributed by atoms with van der Waals surface area (Å²) in [6, 6.07) is 12.8. The molecule has 23 heavy (non-hydrogen) atoms. The van der Waals surface area contributed by atoms with Gasteiger partial charge in [-0.2, -0.15) is 5.10 Å². The molecule has 0 radical (unpaired) electrons. The summed E-state index contributed by atoms with van der Waals surface area (Å²) in [5, 5.41) is 6.12. The highest BCUT2D eigenvalue weighted by atomic mass is 16.5. The van der Waals surface area contributed by atoms with Crippen LogP contribution in [-0.4, -0.2) is 46.3 Å². The van der Waals surface area contributed by atoms with Crippen molar-refractivity contribution in [2.75, 3.05) is 13.1 Å². The Morgan fingerprint density at radius 1 is 1.26 bits per heavy atom. The molecule has 1 fully saturated rings. The number of nitrogens with one attached hydrogen (secondary N) is 1. The van der Waals surface area contributed by atoms with Gasteiger partial charge < -0.3 is 9.64 Å². The maximum absolute atomic E-state index is 12.5. The van der Waals surface area contributed by atoms with Crippen LogP contribution in [0.2, 0.25) is 0 Å². The molecule has 1 aromatic heterocycles. The van der Waals surface area contributed by atoms with Crippen molar-refractivity contribution < 1.29 is 9.53 Å². The number of hydrogen-bond acceptors (Lipinski definition) is 4. The van der Waals surface area contributed by atoms with E-state index < -0.39 is 0 Å². The monoisotopic (exact) mass is 313 g/mol. The normalized spacial score (nSPS) is 21.2. The predicted octanol–water partition coefficient (Wildman–Crippen LogP) is 1.24. The Morgan fingerprint density at radius 3 is 2.74 bits per heavy atom. The van der Waals surface area contributed by atoms with Gasteiger partial charge in [-0.25, -0.2) is 5.10 Å². The fourth-order valence-electron chi connectivity index (χ4n) is 2.83. The lowest BCUT2D eigenvalue weighted by molar-refractivity contribution is -0.0666. The van der Waals surface area contributed by atoms with E-state index in [-0.39, 0.29) is 29.4 Å². The second-order valence-electron chi connectivity index (χ2n) is 5.77. The second kappa shape index (κ2) is 6.75. The van der Waals surface area contributed by atoms with Gasteiger partial charge in [0, 0.05) is 25.6 Å². The van der Waals surface area contributed by atoms with E-state index >= 15 is 0 Å². The van der Waals surface area contributed by atoms with Gasteiger partial charge in [-0.15, -0.1) is 0 Å². The molecule has 1 amide bonds. The van der Waals surface area contributed by atoms with E-state index in [1.165, 1.54) is 17.7 Å². The Kier molecular flexibility index (Phi) is 4.52. The summed E-state index contributed by atoms with van der Waals surface area (Å²) >= 11 is 0. The maximum atomic E-state index is 12.5. The van der Waals surface area contributed by atoms with Gasteiger partial charge in [-0.1, -0.05) is 30.3 Å². The first-order valence-corrected chi connectivity index (χ1v) is 7.66. The smallest absolute Gasteiger partial charge is 0.274 e. The lowest BCUT2D eigenvalue weighted by atomic mass is 10.1. The average molecular weight is 313 g/mol. The van der Waals surface area contributed by atoms with Crippen LogP contribution in [-0.2, 0) is 11.2 Å². The predicted molar refractivity (Wildman–Crippen MR) is 85.2 cm³/mol. The van der Waals surface area contributed by atoms with Crippen LogP contribution >= 0.6 is 0 Å². The minimum Gasteiger partial charge on any atom is -0.371 e. The van der Waals surface area contributed by atoms with Crippen LogP contribution in [0.25, 0.3) is 0 Å². The fourth-order valence-corrected chi connectivity index (χ4v) is 2.83. The quantitative estimate of drug-likeness (QED) is 0.925. The zero-order chi connectivity index (χ0) is 16.2. The molecule has 0 aliphatic carbocycles. The molecular weight excluding hydrogens is 294 g/mol. The number of benzene rings is 1. The number of morpholine rings is 1. The molecule has 0 spiro atoms. The molecule has 1 saturated heterocycles. The zero-order valence-corrected chi connectivity index (χ0v) is 12.9. The summed E-state index contributed by atoms with van der Waals surface area (Å²) < 4.78 is 5.95. The number of aromatic amines is 1. The van der Waals surface area contributed by atoms with Gasteiger partial charge in [0.1, 0.15) is 5.69 Å². The molecule has 2 unspecified atom stereocenters. The first kappa shape index (κ1) is 15.4. The van der Waals surface area contributed by atoms with Crippen molar-refractivity contribution in [2.45, 2.75) is 25.6 Å². The summed E-state index contributed by atoms with van der Waals surface area (Å²) in [6.07, 6.45) is 0.672. The van der Waals surface area contributed by atoms with Crippen LogP contribution in [0.15, 0.2) is 47.3 Å². The third-order valence-corrected chi connectivity index (χ3v) is 3.82. The molecule has 0 bridgehead atoms.